The van der Waals surface area contributed by atoms with Gasteiger partial charge in [-0.2, -0.15) is 5.26 Å². The summed E-state index contributed by atoms with van der Waals surface area (Å²) in [6.45, 7) is 4.49. The topological polar surface area (TPSA) is 62.9 Å². The van der Waals surface area contributed by atoms with E-state index in [0.717, 1.165) is 24.3 Å². The van der Waals surface area contributed by atoms with Crippen molar-refractivity contribution in [3.05, 3.63) is 47.5 Å². The van der Waals surface area contributed by atoms with Gasteiger partial charge in [-0.1, -0.05) is 13.0 Å². The van der Waals surface area contributed by atoms with Crippen LogP contribution in [0.2, 0.25) is 0 Å². The highest BCUT2D eigenvalue weighted by atomic mass is 16.5. The van der Waals surface area contributed by atoms with Crippen molar-refractivity contribution >= 4 is 0 Å². The molecule has 1 aromatic heterocycles. The Morgan fingerprint density at radius 3 is 3.00 bits per heavy atom. The van der Waals surface area contributed by atoms with Crippen LogP contribution in [-0.2, 0) is 13.1 Å². The molecule has 0 amide bonds. The first-order valence-corrected chi connectivity index (χ1v) is 6.55. The molecule has 0 fully saturated rings. The second-order valence-corrected chi connectivity index (χ2v) is 4.46. The van der Waals surface area contributed by atoms with Crippen molar-refractivity contribution in [1.82, 2.24) is 14.9 Å². The molecule has 0 radical (unpaired) electrons. The maximum Gasteiger partial charge on any atom is 0.136 e. The number of hydrogen-bond acceptors (Lipinski definition) is 4. The minimum Gasteiger partial charge on any atom is -0.495 e. The van der Waals surface area contributed by atoms with E-state index in [1.54, 1.807) is 13.2 Å². The SMILES string of the molecule is CCNCc1cn(Cc2ccc(C#N)c(OC)c2)cn1. The van der Waals surface area contributed by atoms with Crippen LogP contribution in [0.25, 0.3) is 0 Å². The third-order valence-corrected chi connectivity index (χ3v) is 2.99. The van der Waals surface area contributed by atoms with Gasteiger partial charge in [0.1, 0.15) is 11.8 Å². The first-order valence-electron chi connectivity index (χ1n) is 6.55. The van der Waals surface area contributed by atoms with E-state index in [9.17, 15) is 0 Å². The first kappa shape index (κ1) is 14.1. The van der Waals surface area contributed by atoms with Gasteiger partial charge in [0, 0.05) is 19.3 Å². The number of imidazole rings is 1. The van der Waals surface area contributed by atoms with Crippen LogP contribution in [0.4, 0.5) is 0 Å². The van der Waals surface area contributed by atoms with Gasteiger partial charge < -0.3 is 14.6 Å². The molecule has 1 heterocycles. The average Bonchev–Trinajstić information content (AvgIpc) is 2.92. The van der Waals surface area contributed by atoms with Crippen molar-refractivity contribution in [1.29, 1.82) is 5.26 Å². The number of hydrogen-bond donors (Lipinski definition) is 1. The van der Waals surface area contributed by atoms with Crippen LogP contribution in [0.3, 0.4) is 0 Å². The summed E-state index contributed by atoms with van der Waals surface area (Å²) >= 11 is 0. The van der Waals surface area contributed by atoms with Crippen molar-refractivity contribution < 1.29 is 4.74 Å². The van der Waals surface area contributed by atoms with Crippen LogP contribution in [0.15, 0.2) is 30.7 Å². The van der Waals surface area contributed by atoms with Crippen LogP contribution in [0.1, 0.15) is 23.7 Å². The molecular formula is C15H18N4O. The Morgan fingerprint density at radius 2 is 2.30 bits per heavy atom. The minimum atomic E-state index is 0.551. The second kappa shape index (κ2) is 6.73. The number of aromatic nitrogens is 2. The number of benzene rings is 1. The summed E-state index contributed by atoms with van der Waals surface area (Å²) in [5.41, 5.74) is 2.65. The zero-order valence-electron chi connectivity index (χ0n) is 11.8. The summed E-state index contributed by atoms with van der Waals surface area (Å²) in [5.74, 6) is 0.609. The normalized spacial score (nSPS) is 10.2. The molecule has 0 saturated carbocycles. The van der Waals surface area contributed by atoms with Crippen LogP contribution in [0, 0.1) is 11.3 Å². The maximum atomic E-state index is 8.96. The molecule has 0 spiro atoms. The zero-order valence-corrected chi connectivity index (χ0v) is 11.8. The van der Waals surface area contributed by atoms with Gasteiger partial charge in [0.25, 0.3) is 0 Å². The van der Waals surface area contributed by atoms with Crippen molar-refractivity contribution in [2.45, 2.75) is 20.0 Å². The summed E-state index contributed by atoms with van der Waals surface area (Å²) in [6.07, 6.45) is 3.84. The third kappa shape index (κ3) is 3.37. The number of nitrogens with zero attached hydrogens (tertiary/aromatic N) is 3. The van der Waals surface area contributed by atoms with Crippen LogP contribution in [0.5, 0.6) is 5.75 Å². The van der Waals surface area contributed by atoms with E-state index in [4.69, 9.17) is 10.00 Å². The van der Waals surface area contributed by atoms with Gasteiger partial charge in [-0.25, -0.2) is 4.98 Å². The molecule has 2 aromatic rings. The van der Waals surface area contributed by atoms with Gasteiger partial charge in [-0.05, 0) is 24.2 Å². The van der Waals surface area contributed by atoms with Crippen molar-refractivity contribution in [2.24, 2.45) is 0 Å². The number of rotatable bonds is 6. The fraction of sp³-hybridized carbons (Fsp3) is 0.333. The Bertz CT molecular complexity index is 613. The van der Waals surface area contributed by atoms with Crippen LogP contribution >= 0.6 is 0 Å². The lowest BCUT2D eigenvalue weighted by Gasteiger charge is -2.07. The van der Waals surface area contributed by atoms with Gasteiger partial charge in [0.05, 0.1) is 24.7 Å². The zero-order chi connectivity index (χ0) is 14.4. The van der Waals surface area contributed by atoms with E-state index in [2.05, 4.69) is 23.3 Å². The van der Waals surface area contributed by atoms with E-state index in [0.29, 0.717) is 17.9 Å². The van der Waals surface area contributed by atoms with Gasteiger partial charge in [0.15, 0.2) is 0 Å². The van der Waals surface area contributed by atoms with E-state index in [-0.39, 0.29) is 0 Å². The summed E-state index contributed by atoms with van der Waals surface area (Å²) in [6, 6.07) is 7.72. The molecular weight excluding hydrogens is 252 g/mol. The van der Waals surface area contributed by atoms with Gasteiger partial charge >= 0.3 is 0 Å². The Hall–Kier alpha value is -2.32. The molecule has 0 atom stereocenters. The predicted molar refractivity (Wildman–Crippen MR) is 76.4 cm³/mol. The lowest BCUT2D eigenvalue weighted by atomic mass is 10.1. The molecule has 0 unspecified atom stereocenters. The highest BCUT2D eigenvalue weighted by Gasteiger charge is 2.05. The Balaban J connectivity index is 2.10. The standard InChI is InChI=1S/C15H18N4O/c1-3-17-8-14-10-19(11-18-14)9-12-4-5-13(7-16)15(6-12)20-2/h4-6,10-11,17H,3,8-9H2,1-2H3. The highest BCUT2D eigenvalue weighted by Crippen LogP contribution is 2.19. The van der Waals surface area contributed by atoms with Crippen molar-refractivity contribution in [3.8, 4) is 11.8 Å². The smallest absolute Gasteiger partial charge is 0.136 e. The highest BCUT2D eigenvalue weighted by molar-refractivity contribution is 5.45. The molecule has 2 rings (SSSR count). The maximum absolute atomic E-state index is 8.96. The Labute approximate surface area is 118 Å². The number of nitriles is 1. The summed E-state index contributed by atoms with van der Waals surface area (Å²) in [5, 5.41) is 12.2. The molecule has 0 aliphatic rings. The monoisotopic (exact) mass is 270 g/mol. The van der Waals surface area contributed by atoms with E-state index < -0.39 is 0 Å². The predicted octanol–water partition coefficient (Wildman–Crippen LogP) is 1.92. The summed E-state index contributed by atoms with van der Waals surface area (Å²) in [7, 11) is 1.58. The van der Waals surface area contributed by atoms with E-state index in [1.807, 2.05) is 29.2 Å². The van der Waals surface area contributed by atoms with E-state index >= 15 is 0 Å². The number of ether oxygens (including phenoxy) is 1. The fourth-order valence-corrected chi connectivity index (χ4v) is 1.97. The first-order chi connectivity index (χ1) is 9.76. The Morgan fingerprint density at radius 1 is 1.45 bits per heavy atom. The van der Waals surface area contributed by atoms with Crippen molar-refractivity contribution in [3.63, 3.8) is 0 Å². The third-order valence-electron chi connectivity index (χ3n) is 2.99. The fourth-order valence-electron chi connectivity index (χ4n) is 1.97. The van der Waals surface area contributed by atoms with Crippen LogP contribution < -0.4 is 10.1 Å². The largest absolute Gasteiger partial charge is 0.495 e. The average molecular weight is 270 g/mol. The second-order valence-electron chi connectivity index (χ2n) is 4.46. The molecule has 0 bridgehead atoms. The van der Waals surface area contributed by atoms with Gasteiger partial charge in [-0.15, -0.1) is 0 Å². The molecule has 1 N–H and O–H groups in total. The van der Waals surface area contributed by atoms with E-state index in [1.165, 1.54) is 0 Å². The lowest BCUT2D eigenvalue weighted by molar-refractivity contribution is 0.413. The number of nitrogens with one attached hydrogen (secondary N) is 1. The van der Waals surface area contributed by atoms with Crippen LogP contribution in [-0.4, -0.2) is 23.2 Å². The van der Waals surface area contributed by atoms with Crippen molar-refractivity contribution in [2.75, 3.05) is 13.7 Å². The van der Waals surface area contributed by atoms with Gasteiger partial charge in [0.2, 0.25) is 0 Å². The lowest BCUT2D eigenvalue weighted by Crippen LogP contribution is -2.11. The molecule has 0 aliphatic heterocycles. The molecule has 5 nitrogen and oxygen atoms in total. The molecule has 5 heteroatoms. The van der Waals surface area contributed by atoms with Gasteiger partial charge in [-0.3, -0.25) is 0 Å². The molecule has 0 aliphatic carbocycles. The molecule has 104 valence electrons. The number of methoxy groups -OCH3 is 1. The summed E-state index contributed by atoms with van der Waals surface area (Å²) in [4.78, 5) is 4.34. The molecule has 1 aromatic carbocycles. The summed E-state index contributed by atoms with van der Waals surface area (Å²) < 4.78 is 7.24. The quantitative estimate of drug-likeness (QED) is 0.871. The molecule has 0 saturated heterocycles. The minimum absolute atomic E-state index is 0.551. The Kier molecular flexibility index (Phi) is 4.75. The molecule has 20 heavy (non-hydrogen) atoms.